The van der Waals surface area contributed by atoms with Crippen LogP contribution >= 0.6 is 46.0 Å². The van der Waals surface area contributed by atoms with Gasteiger partial charge >= 0.3 is 0 Å². The summed E-state index contributed by atoms with van der Waals surface area (Å²) in [6.45, 7) is 2.08. The Hall–Kier alpha value is -2.46. The van der Waals surface area contributed by atoms with E-state index in [2.05, 4.69) is 32.6 Å². The van der Waals surface area contributed by atoms with Crippen LogP contribution in [0.15, 0.2) is 58.9 Å². The number of aromatic nitrogens is 3. The average molecular weight is 489 g/mol. The van der Waals surface area contributed by atoms with Gasteiger partial charge < -0.3 is 4.74 Å². The van der Waals surface area contributed by atoms with Crippen LogP contribution in [0.1, 0.15) is 25.9 Å². The third-order valence-corrected chi connectivity index (χ3v) is 7.48. The first-order chi connectivity index (χ1) is 15.1. The van der Waals surface area contributed by atoms with Gasteiger partial charge in [-0.15, -0.1) is 21.5 Å². The maximum atomic E-state index is 12.7. The minimum Gasteiger partial charge on any atom is -0.486 e. The summed E-state index contributed by atoms with van der Waals surface area (Å²) in [6.07, 6.45) is 0. The third kappa shape index (κ3) is 6.04. The maximum Gasteiger partial charge on any atom is 0.269 e. The van der Waals surface area contributed by atoms with E-state index in [-0.39, 0.29) is 12.5 Å². The fourth-order valence-electron chi connectivity index (χ4n) is 2.59. The lowest BCUT2D eigenvalue weighted by Gasteiger charge is -2.03. The van der Waals surface area contributed by atoms with E-state index < -0.39 is 0 Å². The van der Waals surface area contributed by atoms with E-state index in [0.29, 0.717) is 31.5 Å². The molecule has 4 aromatic rings. The first-order valence-electron chi connectivity index (χ1n) is 9.23. The standard InChI is InChI=1S/C21H17ClN4O2S3/c1-13-18(30-17(23-13)11-28-16-9-7-15(22)8-10-16)19(27)24-20-25-26-21(31-20)29-12-14-5-3-2-4-6-14/h2-10H,11-12H2,1H3,(H,24,25,27). The normalized spacial score (nSPS) is 10.8. The fraction of sp³-hybridized carbons (Fsp3) is 0.143. The van der Waals surface area contributed by atoms with Crippen molar-refractivity contribution < 1.29 is 9.53 Å². The number of carbonyl (C=O) groups excluding carboxylic acids is 1. The summed E-state index contributed by atoms with van der Waals surface area (Å²) in [5.74, 6) is 1.25. The topological polar surface area (TPSA) is 77.0 Å². The van der Waals surface area contributed by atoms with E-state index in [0.717, 1.165) is 10.1 Å². The smallest absolute Gasteiger partial charge is 0.269 e. The number of carbonyl (C=O) groups is 1. The second kappa shape index (κ2) is 10.2. The predicted molar refractivity (Wildman–Crippen MR) is 127 cm³/mol. The summed E-state index contributed by atoms with van der Waals surface area (Å²) in [5.41, 5.74) is 1.86. The van der Waals surface area contributed by atoms with E-state index >= 15 is 0 Å². The van der Waals surface area contributed by atoms with Crippen LogP contribution in [0.2, 0.25) is 5.02 Å². The van der Waals surface area contributed by atoms with Crippen molar-refractivity contribution in [3.8, 4) is 5.75 Å². The summed E-state index contributed by atoms with van der Waals surface area (Å²) in [5, 5.41) is 12.9. The Morgan fingerprint density at radius 3 is 2.65 bits per heavy atom. The van der Waals surface area contributed by atoms with Crippen molar-refractivity contribution in [3.05, 3.63) is 80.8 Å². The lowest BCUT2D eigenvalue weighted by atomic mass is 10.2. The molecule has 0 radical (unpaired) electrons. The second-order valence-corrected chi connectivity index (χ2v) is 10.1. The predicted octanol–water partition coefficient (Wildman–Crippen LogP) is 6.08. The van der Waals surface area contributed by atoms with Crippen LogP contribution < -0.4 is 10.1 Å². The Morgan fingerprint density at radius 1 is 1.10 bits per heavy atom. The molecule has 0 spiro atoms. The van der Waals surface area contributed by atoms with E-state index in [1.165, 1.54) is 28.2 Å². The molecule has 0 saturated heterocycles. The zero-order valence-electron chi connectivity index (χ0n) is 16.4. The number of thiazole rings is 1. The van der Waals surface area contributed by atoms with E-state index in [4.69, 9.17) is 16.3 Å². The van der Waals surface area contributed by atoms with Gasteiger partial charge in [-0.25, -0.2) is 4.98 Å². The van der Waals surface area contributed by atoms with Gasteiger partial charge in [0.05, 0.1) is 5.69 Å². The quantitative estimate of drug-likeness (QED) is 0.239. The molecule has 2 aromatic carbocycles. The van der Waals surface area contributed by atoms with Crippen LogP contribution in [0.25, 0.3) is 0 Å². The Labute approximate surface area is 196 Å². The number of aryl methyl sites for hydroxylation is 1. The summed E-state index contributed by atoms with van der Waals surface area (Å²) in [7, 11) is 0. The average Bonchev–Trinajstić information content (AvgIpc) is 3.38. The molecule has 31 heavy (non-hydrogen) atoms. The van der Waals surface area contributed by atoms with Gasteiger partial charge in [0.1, 0.15) is 22.2 Å². The highest BCUT2D eigenvalue weighted by Crippen LogP contribution is 2.29. The molecule has 0 unspecified atom stereocenters. The Morgan fingerprint density at radius 2 is 1.87 bits per heavy atom. The molecular weight excluding hydrogens is 472 g/mol. The van der Waals surface area contributed by atoms with Gasteiger partial charge in [-0.3, -0.25) is 10.1 Å². The molecule has 0 saturated carbocycles. The van der Waals surface area contributed by atoms with Gasteiger partial charge in [0, 0.05) is 10.8 Å². The SMILES string of the molecule is Cc1nc(COc2ccc(Cl)cc2)sc1C(=O)Nc1nnc(SCc2ccccc2)s1. The van der Waals surface area contributed by atoms with Crippen molar-refractivity contribution in [3.63, 3.8) is 0 Å². The van der Waals surface area contributed by atoms with Gasteiger partial charge in [0.25, 0.3) is 5.91 Å². The summed E-state index contributed by atoms with van der Waals surface area (Å²) < 4.78 is 6.52. The lowest BCUT2D eigenvalue weighted by Crippen LogP contribution is -2.11. The van der Waals surface area contributed by atoms with Crippen LogP contribution in [0.4, 0.5) is 5.13 Å². The minimum absolute atomic E-state index is 0.247. The first kappa shape index (κ1) is 21.8. The minimum atomic E-state index is -0.247. The number of benzene rings is 2. The maximum absolute atomic E-state index is 12.7. The van der Waals surface area contributed by atoms with Gasteiger partial charge in [0.2, 0.25) is 5.13 Å². The molecular formula is C21H17ClN4O2S3. The number of halogens is 1. The molecule has 0 aliphatic rings. The first-order valence-corrected chi connectivity index (χ1v) is 12.2. The lowest BCUT2D eigenvalue weighted by molar-refractivity contribution is 0.102. The fourth-order valence-corrected chi connectivity index (χ4v) is 5.29. The van der Waals surface area contributed by atoms with Crippen molar-refractivity contribution in [1.82, 2.24) is 15.2 Å². The number of thioether (sulfide) groups is 1. The molecule has 10 heteroatoms. The third-order valence-electron chi connectivity index (χ3n) is 4.06. The Bertz CT molecular complexity index is 1160. The van der Waals surface area contributed by atoms with Gasteiger partial charge in [-0.05, 0) is 36.8 Å². The van der Waals surface area contributed by atoms with Gasteiger partial charge in [-0.1, -0.05) is 65.0 Å². The van der Waals surface area contributed by atoms with Crippen molar-refractivity contribution in [2.24, 2.45) is 0 Å². The van der Waals surface area contributed by atoms with Crippen LogP contribution in [-0.2, 0) is 12.4 Å². The highest BCUT2D eigenvalue weighted by molar-refractivity contribution is 8.00. The van der Waals surface area contributed by atoms with E-state index in [9.17, 15) is 4.79 Å². The molecule has 0 aliphatic carbocycles. The highest BCUT2D eigenvalue weighted by atomic mass is 35.5. The molecule has 0 atom stereocenters. The Kier molecular flexibility index (Phi) is 7.18. The largest absolute Gasteiger partial charge is 0.486 e. The molecule has 2 heterocycles. The molecule has 6 nitrogen and oxygen atoms in total. The number of rotatable bonds is 8. The molecule has 0 bridgehead atoms. The van der Waals surface area contributed by atoms with Crippen LogP contribution in [0, 0.1) is 6.92 Å². The number of ether oxygens (including phenoxy) is 1. The molecule has 2 aromatic heterocycles. The van der Waals surface area contributed by atoms with Crippen LogP contribution in [-0.4, -0.2) is 21.1 Å². The van der Waals surface area contributed by atoms with Crippen molar-refractivity contribution in [2.75, 3.05) is 5.32 Å². The number of anilines is 1. The second-order valence-electron chi connectivity index (χ2n) is 6.37. The number of hydrogen-bond donors (Lipinski definition) is 1. The summed E-state index contributed by atoms with van der Waals surface area (Å²) >= 11 is 10.1. The summed E-state index contributed by atoms with van der Waals surface area (Å²) in [4.78, 5) is 17.7. The van der Waals surface area contributed by atoms with E-state index in [1.807, 2.05) is 18.2 Å². The Balaban J connectivity index is 1.33. The zero-order chi connectivity index (χ0) is 21.6. The monoisotopic (exact) mass is 488 g/mol. The highest BCUT2D eigenvalue weighted by Gasteiger charge is 2.18. The molecule has 1 N–H and O–H groups in total. The number of amides is 1. The van der Waals surface area contributed by atoms with Gasteiger partial charge in [0.15, 0.2) is 4.34 Å². The molecule has 158 valence electrons. The van der Waals surface area contributed by atoms with Crippen LogP contribution in [0.5, 0.6) is 5.75 Å². The number of hydrogen-bond acceptors (Lipinski definition) is 8. The zero-order valence-corrected chi connectivity index (χ0v) is 19.6. The van der Waals surface area contributed by atoms with E-state index in [1.54, 1.807) is 43.0 Å². The van der Waals surface area contributed by atoms with Crippen LogP contribution in [0.3, 0.4) is 0 Å². The van der Waals surface area contributed by atoms with Gasteiger partial charge in [-0.2, -0.15) is 0 Å². The van der Waals surface area contributed by atoms with Crippen molar-refractivity contribution in [2.45, 2.75) is 23.6 Å². The van der Waals surface area contributed by atoms with Crippen molar-refractivity contribution >= 4 is 57.1 Å². The summed E-state index contributed by atoms with van der Waals surface area (Å²) in [6, 6.07) is 17.2. The molecule has 0 aliphatic heterocycles. The molecule has 4 rings (SSSR count). The number of nitrogens with zero attached hydrogens (tertiary/aromatic N) is 3. The molecule has 1 amide bonds. The number of nitrogens with one attached hydrogen (secondary N) is 1. The van der Waals surface area contributed by atoms with Crippen molar-refractivity contribution in [1.29, 1.82) is 0 Å². The molecule has 0 fully saturated rings.